The van der Waals surface area contributed by atoms with Gasteiger partial charge < -0.3 is 14.0 Å². The molecule has 0 bridgehead atoms. The van der Waals surface area contributed by atoms with Crippen molar-refractivity contribution < 1.29 is 18.8 Å². The highest BCUT2D eigenvalue weighted by Crippen LogP contribution is 2.45. The summed E-state index contributed by atoms with van der Waals surface area (Å²) in [6.45, 7) is 6.52. The standard InChI is InChI=1S/C23H29N3O4/c1-14(2)20-24-21(30-25-20)15-10-11-19(28-5)17(12-15)16-8-6-7-9-18(16)23(3)13-29-22(27)26(23)4/h10-12,14H,6-9,13H2,1-5H3. The number of nitrogens with zero attached hydrogens (tertiary/aromatic N) is 3. The molecule has 2 aliphatic rings. The molecule has 1 fully saturated rings. The third-order valence-electron chi connectivity index (χ3n) is 6.34. The smallest absolute Gasteiger partial charge is 0.410 e. The number of likely N-dealkylation sites (N-methyl/N-ethyl adjacent to an activating group) is 1. The molecule has 4 rings (SSSR count). The van der Waals surface area contributed by atoms with E-state index in [0.29, 0.717) is 18.3 Å². The van der Waals surface area contributed by atoms with Crippen LogP contribution in [0, 0.1) is 0 Å². The van der Waals surface area contributed by atoms with Gasteiger partial charge in [0.2, 0.25) is 0 Å². The Bertz CT molecular complexity index is 994. The topological polar surface area (TPSA) is 77.7 Å². The molecule has 0 N–H and O–H groups in total. The molecular weight excluding hydrogens is 382 g/mol. The van der Waals surface area contributed by atoms with Crippen LogP contribution < -0.4 is 4.74 Å². The van der Waals surface area contributed by atoms with Crippen LogP contribution in [0.1, 0.15) is 63.8 Å². The Balaban J connectivity index is 1.84. The van der Waals surface area contributed by atoms with E-state index in [9.17, 15) is 4.79 Å². The van der Waals surface area contributed by atoms with Crippen LogP contribution in [0.15, 0.2) is 28.3 Å². The number of benzene rings is 1. The summed E-state index contributed by atoms with van der Waals surface area (Å²) in [5.74, 6) is 2.19. The van der Waals surface area contributed by atoms with Gasteiger partial charge in [-0.25, -0.2) is 4.79 Å². The normalized spacial score (nSPS) is 22.1. The predicted molar refractivity (Wildman–Crippen MR) is 113 cm³/mol. The van der Waals surface area contributed by atoms with E-state index in [4.69, 9.17) is 14.0 Å². The van der Waals surface area contributed by atoms with Gasteiger partial charge in [0.25, 0.3) is 5.89 Å². The van der Waals surface area contributed by atoms with Crippen LogP contribution in [-0.4, -0.2) is 47.4 Å². The fourth-order valence-electron chi connectivity index (χ4n) is 4.35. The maximum atomic E-state index is 12.1. The minimum absolute atomic E-state index is 0.197. The van der Waals surface area contributed by atoms with Crippen molar-refractivity contribution in [2.24, 2.45) is 0 Å². The van der Waals surface area contributed by atoms with Gasteiger partial charge in [-0.3, -0.25) is 4.90 Å². The molecule has 160 valence electrons. The van der Waals surface area contributed by atoms with Crippen molar-refractivity contribution in [1.82, 2.24) is 15.0 Å². The predicted octanol–water partition coefficient (Wildman–Crippen LogP) is 5.04. The minimum Gasteiger partial charge on any atom is -0.496 e. The van der Waals surface area contributed by atoms with Gasteiger partial charge in [0, 0.05) is 24.1 Å². The number of ether oxygens (including phenoxy) is 2. The lowest BCUT2D eigenvalue weighted by molar-refractivity contribution is 0.163. The lowest BCUT2D eigenvalue weighted by atomic mass is 9.77. The number of amides is 1. The second kappa shape index (κ2) is 7.78. The summed E-state index contributed by atoms with van der Waals surface area (Å²) >= 11 is 0. The molecule has 7 nitrogen and oxygen atoms in total. The fourth-order valence-corrected chi connectivity index (χ4v) is 4.35. The number of rotatable bonds is 5. The maximum absolute atomic E-state index is 12.1. The molecule has 1 saturated heterocycles. The van der Waals surface area contributed by atoms with Crippen LogP contribution in [0.4, 0.5) is 4.79 Å². The first-order valence-corrected chi connectivity index (χ1v) is 10.5. The highest BCUT2D eigenvalue weighted by atomic mass is 16.6. The summed E-state index contributed by atoms with van der Waals surface area (Å²) in [6.07, 6.45) is 3.77. The average molecular weight is 412 g/mol. The zero-order chi connectivity index (χ0) is 21.5. The first-order valence-electron chi connectivity index (χ1n) is 10.5. The minimum atomic E-state index is -0.455. The molecule has 0 saturated carbocycles. The molecule has 1 unspecified atom stereocenters. The number of hydrogen-bond acceptors (Lipinski definition) is 6. The Kier molecular flexibility index (Phi) is 5.30. The van der Waals surface area contributed by atoms with Crippen LogP contribution in [-0.2, 0) is 4.74 Å². The van der Waals surface area contributed by atoms with E-state index < -0.39 is 5.54 Å². The van der Waals surface area contributed by atoms with Crippen LogP contribution in [0.2, 0.25) is 0 Å². The molecule has 7 heteroatoms. The molecule has 1 aromatic heterocycles. The maximum Gasteiger partial charge on any atom is 0.410 e. The lowest BCUT2D eigenvalue weighted by Gasteiger charge is -2.36. The van der Waals surface area contributed by atoms with Gasteiger partial charge in [-0.15, -0.1) is 0 Å². The van der Waals surface area contributed by atoms with E-state index in [1.54, 1.807) is 12.0 Å². The first-order chi connectivity index (χ1) is 14.3. The molecule has 1 amide bonds. The van der Waals surface area contributed by atoms with Crippen molar-refractivity contribution >= 4 is 11.7 Å². The average Bonchev–Trinajstić information content (AvgIpc) is 3.36. The van der Waals surface area contributed by atoms with E-state index in [0.717, 1.165) is 42.6 Å². The number of methoxy groups -OCH3 is 1. The molecule has 1 aliphatic carbocycles. The van der Waals surface area contributed by atoms with Crippen molar-refractivity contribution in [3.05, 3.63) is 35.2 Å². The molecular formula is C23H29N3O4. The summed E-state index contributed by atoms with van der Waals surface area (Å²) in [7, 11) is 3.50. The third-order valence-corrected chi connectivity index (χ3v) is 6.34. The molecule has 1 aliphatic heterocycles. The van der Waals surface area contributed by atoms with Crippen LogP contribution in [0.3, 0.4) is 0 Å². The third kappa shape index (κ3) is 3.36. The van der Waals surface area contributed by atoms with Gasteiger partial charge >= 0.3 is 6.09 Å². The Hall–Kier alpha value is -2.83. The van der Waals surface area contributed by atoms with Crippen molar-refractivity contribution in [3.63, 3.8) is 0 Å². The molecule has 0 spiro atoms. The monoisotopic (exact) mass is 411 g/mol. The Morgan fingerprint density at radius 1 is 1.23 bits per heavy atom. The Morgan fingerprint density at radius 3 is 2.63 bits per heavy atom. The number of aromatic nitrogens is 2. The van der Waals surface area contributed by atoms with E-state index in [-0.39, 0.29) is 12.0 Å². The number of carbonyl (C=O) groups excluding carboxylic acids is 1. The quantitative estimate of drug-likeness (QED) is 0.686. The molecule has 2 aromatic rings. The number of carbonyl (C=O) groups is 1. The summed E-state index contributed by atoms with van der Waals surface area (Å²) in [5.41, 5.74) is 3.88. The van der Waals surface area contributed by atoms with E-state index in [1.807, 2.05) is 33.0 Å². The van der Waals surface area contributed by atoms with Gasteiger partial charge in [-0.1, -0.05) is 19.0 Å². The van der Waals surface area contributed by atoms with Crippen molar-refractivity contribution in [1.29, 1.82) is 0 Å². The molecule has 1 aromatic carbocycles. The molecule has 2 heterocycles. The molecule has 1 atom stereocenters. The summed E-state index contributed by atoms with van der Waals surface area (Å²) in [6, 6.07) is 5.96. The number of cyclic esters (lactones) is 1. The second-order valence-electron chi connectivity index (χ2n) is 8.58. The largest absolute Gasteiger partial charge is 0.496 e. The Morgan fingerprint density at radius 2 is 2.00 bits per heavy atom. The van der Waals surface area contributed by atoms with E-state index >= 15 is 0 Å². The first kappa shape index (κ1) is 20.4. The SMILES string of the molecule is COc1ccc(-c2nc(C(C)C)no2)cc1C1=C(C2(C)COC(=O)N2C)CCCC1. The summed E-state index contributed by atoms with van der Waals surface area (Å²) in [5, 5.41) is 4.09. The number of hydrogen-bond donors (Lipinski definition) is 0. The van der Waals surface area contributed by atoms with Crippen LogP contribution in [0.5, 0.6) is 5.75 Å². The summed E-state index contributed by atoms with van der Waals surface area (Å²) < 4.78 is 16.6. The van der Waals surface area contributed by atoms with Crippen molar-refractivity contribution in [2.75, 3.05) is 20.8 Å². The van der Waals surface area contributed by atoms with Gasteiger partial charge in [0.1, 0.15) is 12.4 Å². The highest BCUT2D eigenvalue weighted by Gasteiger charge is 2.45. The van der Waals surface area contributed by atoms with Gasteiger partial charge in [0.05, 0.1) is 12.6 Å². The Labute approximate surface area is 177 Å². The van der Waals surface area contributed by atoms with Crippen molar-refractivity contribution in [3.8, 4) is 17.2 Å². The van der Waals surface area contributed by atoms with E-state index in [1.165, 1.54) is 11.1 Å². The second-order valence-corrected chi connectivity index (χ2v) is 8.58. The van der Waals surface area contributed by atoms with E-state index in [2.05, 4.69) is 23.1 Å². The highest BCUT2D eigenvalue weighted by molar-refractivity contribution is 5.80. The molecule has 30 heavy (non-hydrogen) atoms. The van der Waals surface area contributed by atoms with Gasteiger partial charge in [0.15, 0.2) is 5.82 Å². The number of allylic oxidation sites excluding steroid dienone is 1. The van der Waals surface area contributed by atoms with Crippen LogP contribution in [0.25, 0.3) is 17.0 Å². The zero-order valence-corrected chi connectivity index (χ0v) is 18.3. The van der Waals surface area contributed by atoms with Crippen molar-refractivity contribution in [2.45, 2.75) is 57.9 Å². The van der Waals surface area contributed by atoms with Crippen LogP contribution >= 0.6 is 0 Å². The fraction of sp³-hybridized carbons (Fsp3) is 0.522. The summed E-state index contributed by atoms with van der Waals surface area (Å²) in [4.78, 5) is 18.4. The van der Waals surface area contributed by atoms with Gasteiger partial charge in [-0.2, -0.15) is 4.98 Å². The zero-order valence-electron chi connectivity index (χ0n) is 18.3. The van der Waals surface area contributed by atoms with Gasteiger partial charge in [-0.05, 0) is 62.0 Å². The lowest BCUT2D eigenvalue weighted by Crippen LogP contribution is -2.44. The molecule has 0 radical (unpaired) electrons.